The molecular formula is C25H16Cl2FN3O4S2. The number of furan rings is 1. The topological polar surface area (TPSA) is 96.5 Å². The summed E-state index contributed by atoms with van der Waals surface area (Å²) in [7, 11) is 0. The molecule has 188 valence electrons. The molecule has 1 amide bonds. The second-order valence-electron chi connectivity index (χ2n) is 7.98. The molecule has 12 heteroatoms. The molecule has 3 heterocycles. The van der Waals surface area contributed by atoms with E-state index >= 15 is 0 Å². The molecule has 1 unspecified atom stereocenters. The Balaban J connectivity index is 1.53. The van der Waals surface area contributed by atoms with Crippen LogP contribution in [0.25, 0.3) is 0 Å². The number of nitrogens with zero attached hydrogens (tertiary/aromatic N) is 3. The molecule has 2 aromatic heterocycles. The number of thioether (sulfide) groups is 1. The van der Waals surface area contributed by atoms with Crippen molar-refractivity contribution in [2.45, 2.75) is 23.1 Å². The van der Waals surface area contributed by atoms with E-state index in [1.165, 1.54) is 30.0 Å². The zero-order chi connectivity index (χ0) is 26.3. The van der Waals surface area contributed by atoms with Crippen LogP contribution in [0.1, 0.15) is 33.5 Å². The first-order chi connectivity index (χ1) is 17.7. The fourth-order valence-electron chi connectivity index (χ4n) is 3.85. The number of anilines is 1. The minimum Gasteiger partial charge on any atom is -0.503 e. The van der Waals surface area contributed by atoms with Gasteiger partial charge in [-0.1, -0.05) is 70.6 Å². The number of Topliss-reactive ketones (excluding diaryl/α,β-unsaturated/α-hetero) is 1. The van der Waals surface area contributed by atoms with E-state index in [0.29, 0.717) is 32.0 Å². The fourth-order valence-corrected chi connectivity index (χ4v) is 6.22. The van der Waals surface area contributed by atoms with Gasteiger partial charge in [0.2, 0.25) is 10.9 Å². The van der Waals surface area contributed by atoms with Gasteiger partial charge < -0.3 is 9.52 Å². The SMILES string of the molecule is Cc1ccc(C(=O)C2=C(O)C(=O)N(c3nnc(SCc4ccccc4F)s3)C2c2ccc(Cl)cc2Cl)o1. The van der Waals surface area contributed by atoms with Crippen LogP contribution in [0.2, 0.25) is 10.0 Å². The lowest BCUT2D eigenvalue weighted by Crippen LogP contribution is -2.31. The standard InChI is InChI=1S/C25H16Cl2FN3O4S2/c1-12-6-9-18(35-12)21(32)19-20(15-8-7-14(26)10-16(15)27)31(23(34)22(19)33)24-29-30-25(37-24)36-11-13-4-2-3-5-17(13)28/h2-10,20,33H,11H2,1H3. The fraction of sp³-hybridized carbons (Fsp3) is 0.120. The minimum absolute atomic E-state index is 0.0396. The zero-order valence-corrected chi connectivity index (χ0v) is 22.1. The molecule has 0 bridgehead atoms. The van der Waals surface area contributed by atoms with Gasteiger partial charge in [0.1, 0.15) is 11.6 Å². The average Bonchev–Trinajstić information content (AvgIpc) is 3.57. The third-order valence-electron chi connectivity index (χ3n) is 5.58. The van der Waals surface area contributed by atoms with Gasteiger partial charge in [-0.25, -0.2) is 4.39 Å². The van der Waals surface area contributed by atoms with Crippen LogP contribution in [0.4, 0.5) is 9.52 Å². The molecule has 0 aliphatic carbocycles. The summed E-state index contributed by atoms with van der Waals surface area (Å²) in [4.78, 5) is 27.9. The molecule has 0 saturated carbocycles. The van der Waals surface area contributed by atoms with Crippen molar-refractivity contribution < 1.29 is 23.5 Å². The van der Waals surface area contributed by atoms with Crippen molar-refractivity contribution >= 4 is 63.1 Å². The van der Waals surface area contributed by atoms with Crippen LogP contribution in [-0.4, -0.2) is 27.0 Å². The van der Waals surface area contributed by atoms with Gasteiger partial charge in [-0.15, -0.1) is 10.2 Å². The van der Waals surface area contributed by atoms with Gasteiger partial charge in [0.05, 0.1) is 11.6 Å². The predicted molar refractivity (Wildman–Crippen MR) is 140 cm³/mol. The Kier molecular flexibility index (Phi) is 7.09. The van der Waals surface area contributed by atoms with Crippen LogP contribution >= 0.6 is 46.3 Å². The number of hydrogen-bond acceptors (Lipinski definition) is 8. The smallest absolute Gasteiger partial charge is 0.296 e. The molecule has 4 aromatic rings. The van der Waals surface area contributed by atoms with Gasteiger partial charge >= 0.3 is 0 Å². The number of rotatable bonds is 7. The highest BCUT2D eigenvalue weighted by Gasteiger charge is 2.47. The summed E-state index contributed by atoms with van der Waals surface area (Å²) in [5.41, 5.74) is 0.637. The lowest BCUT2D eigenvalue weighted by atomic mass is 9.95. The maximum absolute atomic E-state index is 14.0. The van der Waals surface area contributed by atoms with Crippen LogP contribution in [0.5, 0.6) is 0 Å². The normalized spacial score (nSPS) is 15.6. The summed E-state index contributed by atoms with van der Waals surface area (Å²) >= 11 is 14.9. The molecule has 2 aromatic carbocycles. The molecule has 0 radical (unpaired) electrons. The van der Waals surface area contributed by atoms with Crippen LogP contribution in [0.15, 0.2) is 74.7 Å². The van der Waals surface area contributed by atoms with E-state index in [4.69, 9.17) is 27.6 Å². The van der Waals surface area contributed by atoms with Crippen molar-refractivity contribution in [3.8, 4) is 0 Å². The number of ketones is 1. The largest absolute Gasteiger partial charge is 0.503 e. The number of hydrogen-bond donors (Lipinski definition) is 1. The second-order valence-corrected chi connectivity index (χ2v) is 11.0. The Hall–Kier alpha value is -3.18. The summed E-state index contributed by atoms with van der Waals surface area (Å²) in [5.74, 6) is -1.84. The number of aliphatic hydroxyl groups excluding tert-OH is 1. The van der Waals surface area contributed by atoms with Crippen molar-refractivity contribution in [2.75, 3.05) is 4.90 Å². The molecular weight excluding hydrogens is 560 g/mol. The van der Waals surface area contributed by atoms with Gasteiger partial charge in [-0.05, 0) is 48.4 Å². The number of aliphatic hydroxyl groups is 1. The number of carbonyl (C=O) groups is 2. The average molecular weight is 576 g/mol. The number of benzene rings is 2. The lowest BCUT2D eigenvalue weighted by molar-refractivity contribution is -0.117. The first-order valence-corrected chi connectivity index (χ1v) is 13.3. The highest BCUT2D eigenvalue weighted by atomic mass is 35.5. The molecule has 0 saturated heterocycles. The van der Waals surface area contributed by atoms with Gasteiger partial charge in [0, 0.05) is 15.8 Å². The van der Waals surface area contributed by atoms with E-state index in [9.17, 15) is 19.1 Å². The van der Waals surface area contributed by atoms with E-state index in [1.807, 2.05) is 0 Å². The van der Waals surface area contributed by atoms with Crippen LogP contribution < -0.4 is 4.90 Å². The molecule has 0 spiro atoms. The summed E-state index contributed by atoms with van der Waals surface area (Å²) in [6, 6.07) is 13.0. The summed E-state index contributed by atoms with van der Waals surface area (Å²) in [5, 5.41) is 19.8. The third-order valence-corrected chi connectivity index (χ3v) is 8.25. The number of carbonyl (C=O) groups excluding carboxylic acids is 2. The molecule has 37 heavy (non-hydrogen) atoms. The Labute approximate surface area is 228 Å². The Morgan fingerprint density at radius 2 is 1.97 bits per heavy atom. The van der Waals surface area contributed by atoms with Crippen molar-refractivity contribution in [1.82, 2.24) is 10.2 Å². The number of aryl methyl sites for hydroxylation is 1. The van der Waals surface area contributed by atoms with Crippen molar-refractivity contribution in [1.29, 1.82) is 0 Å². The monoisotopic (exact) mass is 575 g/mol. The quantitative estimate of drug-likeness (QED) is 0.144. The van der Waals surface area contributed by atoms with Gasteiger partial charge in [0.15, 0.2) is 15.9 Å². The van der Waals surface area contributed by atoms with Crippen molar-refractivity contribution in [3.63, 3.8) is 0 Å². The Morgan fingerprint density at radius 1 is 1.19 bits per heavy atom. The molecule has 1 N–H and O–H groups in total. The maximum atomic E-state index is 14.0. The predicted octanol–water partition coefficient (Wildman–Crippen LogP) is 6.96. The highest BCUT2D eigenvalue weighted by molar-refractivity contribution is 8.00. The molecule has 1 aliphatic heterocycles. The number of halogens is 3. The van der Waals surface area contributed by atoms with E-state index in [-0.39, 0.29) is 27.3 Å². The lowest BCUT2D eigenvalue weighted by Gasteiger charge is -2.24. The summed E-state index contributed by atoms with van der Waals surface area (Å²) in [6.07, 6.45) is 0. The Bertz CT molecular complexity index is 1570. The molecule has 7 nitrogen and oxygen atoms in total. The molecule has 5 rings (SSSR count). The molecule has 1 atom stereocenters. The van der Waals surface area contributed by atoms with Crippen LogP contribution in [0.3, 0.4) is 0 Å². The van der Waals surface area contributed by atoms with Crippen LogP contribution in [0, 0.1) is 12.7 Å². The zero-order valence-electron chi connectivity index (χ0n) is 18.9. The highest BCUT2D eigenvalue weighted by Crippen LogP contribution is 2.46. The van der Waals surface area contributed by atoms with Crippen LogP contribution in [-0.2, 0) is 10.5 Å². The summed E-state index contributed by atoms with van der Waals surface area (Å²) in [6.45, 7) is 1.67. The first kappa shape index (κ1) is 25.5. The van der Waals surface area contributed by atoms with E-state index < -0.39 is 23.5 Å². The number of aromatic nitrogens is 2. The molecule has 0 fully saturated rings. The van der Waals surface area contributed by atoms with Crippen molar-refractivity contribution in [2.24, 2.45) is 0 Å². The van der Waals surface area contributed by atoms with E-state index in [1.54, 1.807) is 43.3 Å². The van der Waals surface area contributed by atoms with E-state index in [2.05, 4.69) is 10.2 Å². The van der Waals surface area contributed by atoms with Gasteiger partial charge in [-0.3, -0.25) is 14.5 Å². The van der Waals surface area contributed by atoms with Crippen molar-refractivity contribution in [3.05, 3.63) is 104 Å². The minimum atomic E-state index is -1.12. The van der Waals surface area contributed by atoms with Gasteiger partial charge in [0.25, 0.3) is 5.91 Å². The Morgan fingerprint density at radius 3 is 2.68 bits per heavy atom. The second kappa shape index (κ2) is 10.3. The first-order valence-electron chi connectivity index (χ1n) is 10.8. The number of amides is 1. The van der Waals surface area contributed by atoms with Gasteiger partial charge in [-0.2, -0.15) is 0 Å². The summed E-state index contributed by atoms with van der Waals surface area (Å²) < 4.78 is 19.9. The van der Waals surface area contributed by atoms with E-state index in [0.717, 1.165) is 16.2 Å². The third kappa shape index (κ3) is 4.89. The maximum Gasteiger partial charge on any atom is 0.296 e. The molecule has 1 aliphatic rings.